The summed E-state index contributed by atoms with van der Waals surface area (Å²) in [4.78, 5) is 23.4. The fourth-order valence-corrected chi connectivity index (χ4v) is 2.30. The molecular formula is C20H24N2O4. The van der Waals surface area contributed by atoms with E-state index in [1.165, 1.54) is 0 Å². The van der Waals surface area contributed by atoms with E-state index in [0.717, 1.165) is 16.7 Å². The van der Waals surface area contributed by atoms with Crippen molar-refractivity contribution in [3.05, 3.63) is 65.2 Å². The van der Waals surface area contributed by atoms with E-state index in [2.05, 4.69) is 24.7 Å². The number of carbonyl (C=O) groups excluding carboxylic acids is 2. The minimum atomic E-state index is -0.736. The maximum Gasteiger partial charge on any atom is 0.426 e. The molecule has 0 bridgehead atoms. The van der Waals surface area contributed by atoms with Gasteiger partial charge in [-0.1, -0.05) is 56.3 Å². The SMILES string of the molecule is Cc1ccc(C(C)C)c(OCC(=O)NNC(=O)OCc2ccccc2)c1. The highest BCUT2D eigenvalue weighted by Crippen LogP contribution is 2.27. The van der Waals surface area contributed by atoms with Crippen LogP contribution in [0.1, 0.15) is 36.5 Å². The van der Waals surface area contributed by atoms with Crippen LogP contribution in [0.15, 0.2) is 48.5 Å². The maximum absolute atomic E-state index is 11.9. The van der Waals surface area contributed by atoms with E-state index in [0.29, 0.717) is 5.75 Å². The Kier molecular flexibility index (Phi) is 7.02. The minimum absolute atomic E-state index is 0.125. The summed E-state index contributed by atoms with van der Waals surface area (Å²) in [6.45, 7) is 5.99. The quantitative estimate of drug-likeness (QED) is 0.777. The highest BCUT2D eigenvalue weighted by atomic mass is 16.6. The highest BCUT2D eigenvalue weighted by Gasteiger charge is 2.11. The smallest absolute Gasteiger partial charge is 0.426 e. The molecule has 6 nitrogen and oxygen atoms in total. The Labute approximate surface area is 153 Å². The third-order valence-electron chi connectivity index (χ3n) is 3.67. The molecule has 2 N–H and O–H groups in total. The third kappa shape index (κ3) is 6.12. The zero-order valence-electron chi connectivity index (χ0n) is 15.2. The summed E-state index contributed by atoms with van der Waals surface area (Å²) in [6.07, 6.45) is -0.736. The Morgan fingerprint density at radius 3 is 2.46 bits per heavy atom. The summed E-state index contributed by atoms with van der Waals surface area (Å²) in [5.41, 5.74) is 7.40. The molecule has 0 heterocycles. The summed E-state index contributed by atoms with van der Waals surface area (Å²) in [7, 11) is 0. The molecule has 0 spiro atoms. The second-order valence-electron chi connectivity index (χ2n) is 6.22. The summed E-state index contributed by atoms with van der Waals surface area (Å²) < 4.78 is 10.6. The number of carbonyl (C=O) groups is 2. The predicted octanol–water partition coefficient (Wildman–Crippen LogP) is 3.45. The van der Waals surface area contributed by atoms with Gasteiger partial charge in [-0.3, -0.25) is 10.2 Å². The van der Waals surface area contributed by atoms with Gasteiger partial charge in [0.1, 0.15) is 12.4 Å². The second-order valence-corrected chi connectivity index (χ2v) is 6.22. The van der Waals surface area contributed by atoms with Crippen LogP contribution in [0.3, 0.4) is 0 Å². The summed E-state index contributed by atoms with van der Waals surface area (Å²) >= 11 is 0. The Bertz CT molecular complexity index is 745. The van der Waals surface area contributed by atoms with Gasteiger partial charge < -0.3 is 9.47 Å². The molecule has 0 atom stereocenters. The van der Waals surface area contributed by atoms with Gasteiger partial charge in [-0.15, -0.1) is 0 Å². The number of hydrazine groups is 1. The molecule has 2 aromatic rings. The molecule has 2 amide bonds. The van der Waals surface area contributed by atoms with Crippen molar-refractivity contribution >= 4 is 12.0 Å². The van der Waals surface area contributed by atoms with E-state index in [-0.39, 0.29) is 19.1 Å². The lowest BCUT2D eigenvalue weighted by molar-refractivity contribution is -0.124. The Morgan fingerprint density at radius 1 is 1.04 bits per heavy atom. The van der Waals surface area contributed by atoms with Crippen molar-refractivity contribution in [3.8, 4) is 5.75 Å². The molecule has 138 valence electrons. The fraction of sp³-hybridized carbons (Fsp3) is 0.300. The van der Waals surface area contributed by atoms with Crippen molar-refractivity contribution in [1.29, 1.82) is 0 Å². The van der Waals surface area contributed by atoms with E-state index in [1.807, 2.05) is 55.5 Å². The van der Waals surface area contributed by atoms with E-state index in [1.54, 1.807) is 0 Å². The Morgan fingerprint density at radius 2 is 1.77 bits per heavy atom. The van der Waals surface area contributed by atoms with E-state index in [9.17, 15) is 9.59 Å². The molecule has 2 aromatic carbocycles. The van der Waals surface area contributed by atoms with Crippen LogP contribution < -0.4 is 15.6 Å². The van der Waals surface area contributed by atoms with Crippen LogP contribution in [0.4, 0.5) is 4.79 Å². The molecular weight excluding hydrogens is 332 g/mol. The molecule has 0 aliphatic rings. The number of ether oxygens (including phenoxy) is 2. The van der Waals surface area contributed by atoms with Gasteiger partial charge >= 0.3 is 6.09 Å². The normalized spacial score (nSPS) is 10.3. The van der Waals surface area contributed by atoms with E-state index in [4.69, 9.17) is 9.47 Å². The lowest BCUT2D eigenvalue weighted by atomic mass is 10.0. The van der Waals surface area contributed by atoms with E-state index >= 15 is 0 Å². The first-order valence-corrected chi connectivity index (χ1v) is 8.44. The molecule has 0 saturated carbocycles. The lowest BCUT2D eigenvalue weighted by Gasteiger charge is -2.15. The molecule has 0 fully saturated rings. The van der Waals surface area contributed by atoms with Crippen LogP contribution in [0, 0.1) is 6.92 Å². The molecule has 0 aliphatic carbocycles. The number of rotatable bonds is 6. The fourth-order valence-electron chi connectivity index (χ4n) is 2.30. The van der Waals surface area contributed by atoms with Crippen LogP contribution >= 0.6 is 0 Å². The summed E-state index contributed by atoms with van der Waals surface area (Å²) in [6, 6.07) is 15.2. The second kappa shape index (κ2) is 9.46. The summed E-state index contributed by atoms with van der Waals surface area (Å²) in [5, 5.41) is 0. The van der Waals surface area contributed by atoms with Crippen LogP contribution in [0.25, 0.3) is 0 Å². The lowest BCUT2D eigenvalue weighted by Crippen LogP contribution is -2.44. The van der Waals surface area contributed by atoms with Gasteiger partial charge in [0.15, 0.2) is 6.61 Å². The average molecular weight is 356 g/mol. The number of hydrogen-bond donors (Lipinski definition) is 2. The largest absolute Gasteiger partial charge is 0.483 e. The van der Waals surface area contributed by atoms with Gasteiger partial charge in [0.25, 0.3) is 5.91 Å². The first-order valence-electron chi connectivity index (χ1n) is 8.44. The minimum Gasteiger partial charge on any atom is -0.483 e. The van der Waals surface area contributed by atoms with Crippen LogP contribution in [0.2, 0.25) is 0 Å². The first-order chi connectivity index (χ1) is 12.5. The topological polar surface area (TPSA) is 76.7 Å². The Hall–Kier alpha value is -3.02. The number of nitrogens with one attached hydrogen (secondary N) is 2. The molecule has 0 aliphatic heterocycles. The van der Waals surface area contributed by atoms with Crippen molar-refractivity contribution in [2.45, 2.75) is 33.3 Å². The van der Waals surface area contributed by atoms with Crippen LogP contribution in [0.5, 0.6) is 5.75 Å². The van der Waals surface area contributed by atoms with Gasteiger partial charge in [-0.2, -0.15) is 0 Å². The molecule has 0 radical (unpaired) electrons. The van der Waals surface area contributed by atoms with Crippen molar-refractivity contribution < 1.29 is 19.1 Å². The molecule has 0 unspecified atom stereocenters. The third-order valence-corrected chi connectivity index (χ3v) is 3.67. The maximum atomic E-state index is 11.9. The zero-order chi connectivity index (χ0) is 18.9. The van der Waals surface area contributed by atoms with Crippen molar-refractivity contribution in [1.82, 2.24) is 10.9 Å². The monoisotopic (exact) mass is 356 g/mol. The first kappa shape index (κ1) is 19.3. The number of hydrogen-bond acceptors (Lipinski definition) is 4. The number of benzene rings is 2. The number of aryl methyl sites for hydroxylation is 1. The van der Waals surface area contributed by atoms with Crippen molar-refractivity contribution in [3.63, 3.8) is 0 Å². The van der Waals surface area contributed by atoms with Gasteiger partial charge in [0.2, 0.25) is 0 Å². The highest BCUT2D eigenvalue weighted by molar-refractivity contribution is 5.80. The van der Waals surface area contributed by atoms with Gasteiger partial charge in [0.05, 0.1) is 0 Å². The van der Waals surface area contributed by atoms with Crippen molar-refractivity contribution in [2.75, 3.05) is 6.61 Å². The molecule has 2 rings (SSSR count). The predicted molar refractivity (Wildman–Crippen MR) is 98.7 cm³/mol. The molecule has 0 saturated heterocycles. The van der Waals surface area contributed by atoms with Crippen molar-refractivity contribution in [2.24, 2.45) is 0 Å². The van der Waals surface area contributed by atoms with Crippen LogP contribution in [-0.4, -0.2) is 18.6 Å². The van der Waals surface area contributed by atoms with Gasteiger partial charge in [-0.25, -0.2) is 10.2 Å². The van der Waals surface area contributed by atoms with Crippen LogP contribution in [-0.2, 0) is 16.1 Å². The zero-order valence-corrected chi connectivity index (χ0v) is 15.2. The molecule has 26 heavy (non-hydrogen) atoms. The van der Waals surface area contributed by atoms with E-state index < -0.39 is 12.0 Å². The summed E-state index contributed by atoms with van der Waals surface area (Å²) in [5.74, 6) is 0.472. The van der Waals surface area contributed by atoms with Gasteiger partial charge in [-0.05, 0) is 35.6 Å². The molecule has 0 aromatic heterocycles. The Balaban J connectivity index is 1.75. The molecule has 6 heteroatoms. The standard InChI is InChI=1S/C20H24N2O4/c1-14(2)17-10-9-15(3)11-18(17)25-13-19(23)21-22-20(24)26-12-16-7-5-4-6-8-16/h4-11,14H,12-13H2,1-3H3,(H,21,23)(H,22,24). The number of amides is 2. The van der Waals surface area contributed by atoms with Gasteiger partial charge in [0, 0.05) is 0 Å². The average Bonchev–Trinajstić information content (AvgIpc) is 2.63.